The average Bonchev–Trinajstić information content (AvgIpc) is 2.88. The Morgan fingerprint density at radius 3 is 2.44 bits per heavy atom. The second-order valence-corrected chi connectivity index (χ2v) is 6.86. The van der Waals surface area contributed by atoms with Gasteiger partial charge in [0.1, 0.15) is 0 Å². The Kier molecular flexibility index (Phi) is 4.07. The zero-order valence-electron chi connectivity index (χ0n) is 8.66. The summed E-state index contributed by atoms with van der Waals surface area (Å²) < 4.78 is 38.3. The zero-order chi connectivity index (χ0) is 13.3. The van der Waals surface area contributed by atoms with Gasteiger partial charge in [-0.25, -0.2) is 10.4 Å². The number of hydrogen-bond acceptors (Lipinski definition) is 5. The van der Waals surface area contributed by atoms with Crippen molar-refractivity contribution < 1.29 is 13.2 Å². The van der Waals surface area contributed by atoms with Gasteiger partial charge in [-0.3, -0.25) is 5.84 Å². The molecule has 1 atom stereocenters. The number of rotatable bonds is 3. The molecule has 0 aliphatic rings. The maximum absolute atomic E-state index is 12.5. The van der Waals surface area contributed by atoms with Crippen LogP contribution in [0.5, 0.6) is 0 Å². The standard InChI is InChI=1S/C9H7BrF3N3S2/c10-6-2-1-4(17-6)7(16-14)5-3-15-8(18-5)9(11,12)13/h1-3,7,16H,14H2. The first-order valence-electron chi connectivity index (χ1n) is 4.66. The smallest absolute Gasteiger partial charge is 0.271 e. The molecule has 2 rings (SSSR count). The van der Waals surface area contributed by atoms with E-state index < -0.39 is 17.2 Å². The van der Waals surface area contributed by atoms with Crippen LogP contribution in [0.1, 0.15) is 20.8 Å². The Bertz CT molecular complexity index is 537. The summed E-state index contributed by atoms with van der Waals surface area (Å²) >= 11 is 5.29. The molecule has 0 amide bonds. The minimum atomic E-state index is -4.42. The normalized spacial score (nSPS) is 13.8. The lowest BCUT2D eigenvalue weighted by molar-refractivity contribution is -0.137. The number of thiophene rings is 1. The van der Waals surface area contributed by atoms with Gasteiger partial charge in [0.25, 0.3) is 0 Å². The molecule has 0 bridgehead atoms. The monoisotopic (exact) mass is 357 g/mol. The summed E-state index contributed by atoms with van der Waals surface area (Å²) in [6, 6.07) is 3.14. The number of nitrogens with one attached hydrogen (secondary N) is 1. The highest BCUT2D eigenvalue weighted by Gasteiger charge is 2.35. The molecule has 98 valence electrons. The molecule has 0 saturated carbocycles. The van der Waals surface area contributed by atoms with Crippen LogP contribution in [0.15, 0.2) is 22.1 Å². The summed E-state index contributed by atoms with van der Waals surface area (Å²) in [4.78, 5) is 4.63. The molecule has 0 fully saturated rings. The topological polar surface area (TPSA) is 50.9 Å². The first kappa shape index (κ1) is 13.9. The number of hydrazine groups is 1. The molecule has 3 N–H and O–H groups in total. The predicted octanol–water partition coefficient (Wildman–Crippen LogP) is 3.54. The predicted molar refractivity (Wildman–Crippen MR) is 68.3 cm³/mol. The van der Waals surface area contributed by atoms with Crippen molar-refractivity contribution >= 4 is 38.6 Å². The van der Waals surface area contributed by atoms with Gasteiger partial charge in [0.2, 0.25) is 0 Å². The van der Waals surface area contributed by atoms with Crippen LogP contribution in [-0.2, 0) is 6.18 Å². The number of nitrogens with two attached hydrogens (primary N) is 1. The molecular weight excluding hydrogens is 351 g/mol. The molecule has 2 aromatic heterocycles. The summed E-state index contributed by atoms with van der Waals surface area (Å²) in [6.45, 7) is 0. The third-order valence-electron chi connectivity index (χ3n) is 2.10. The van der Waals surface area contributed by atoms with Gasteiger partial charge < -0.3 is 0 Å². The highest BCUT2D eigenvalue weighted by atomic mass is 79.9. The molecule has 2 heterocycles. The van der Waals surface area contributed by atoms with E-state index in [4.69, 9.17) is 5.84 Å². The second-order valence-electron chi connectivity index (χ2n) is 3.31. The van der Waals surface area contributed by atoms with Crippen molar-refractivity contribution in [1.82, 2.24) is 10.4 Å². The van der Waals surface area contributed by atoms with E-state index in [0.717, 1.165) is 8.66 Å². The van der Waals surface area contributed by atoms with Gasteiger partial charge in [-0.1, -0.05) is 0 Å². The molecule has 0 aromatic carbocycles. The molecule has 3 nitrogen and oxygen atoms in total. The minimum Gasteiger partial charge on any atom is -0.271 e. The van der Waals surface area contributed by atoms with E-state index in [-0.39, 0.29) is 0 Å². The van der Waals surface area contributed by atoms with E-state index >= 15 is 0 Å². The molecule has 2 aromatic rings. The summed E-state index contributed by atoms with van der Waals surface area (Å²) in [5.41, 5.74) is 2.51. The molecular formula is C9H7BrF3N3S2. The van der Waals surface area contributed by atoms with Crippen molar-refractivity contribution in [2.45, 2.75) is 12.2 Å². The number of alkyl halides is 3. The molecule has 0 aliphatic carbocycles. The number of aromatic nitrogens is 1. The Labute approximate surface area is 117 Å². The first-order valence-corrected chi connectivity index (χ1v) is 7.08. The maximum atomic E-state index is 12.5. The Hall–Kier alpha value is -0.480. The fourth-order valence-corrected chi connectivity index (χ4v) is 3.78. The second kappa shape index (κ2) is 5.25. The lowest BCUT2D eigenvalue weighted by Gasteiger charge is -2.11. The van der Waals surface area contributed by atoms with Crippen LogP contribution in [-0.4, -0.2) is 4.98 Å². The van der Waals surface area contributed by atoms with Crippen molar-refractivity contribution in [3.05, 3.63) is 36.9 Å². The average molecular weight is 358 g/mol. The summed E-state index contributed by atoms with van der Waals surface area (Å²) in [5, 5.41) is -0.867. The van der Waals surface area contributed by atoms with E-state index in [1.165, 1.54) is 17.5 Å². The Morgan fingerprint density at radius 2 is 2.00 bits per heavy atom. The van der Waals surface area contributed by atoms with E-state index in [1.807, 2.05) is 6.07 Å². The third kappa shape index (κ3) is 2.91. The van der Waals surface area contributed by atoms with Crippen molar-refractivity contribution in [1.29, 1.82) is 0 Å². The van der Waals surface area contributed by atoms with Gasteiger partial charge in [0.15, 0.2) is 5.01 Å². The Morgan fingerprint density at radius 1 is 1.28 bits per heavy atom. The van der Waals surface area contributed by atoms with Crippen LogP contribution < -0.4 is 11.3 Å². The molecule has 0 aliphatic heterocycles. The lowest BCUT2D eigenvalue weighted by Crippen LogP contribution is -2.27. The largest absolute Gasteiger partial charge is 0.443 e. The first-order chi connectivity index (χ1) is 8.41. The van der Waals surface area contributed by atoms with E-state index in [0.29, 0.717) is 16.2 Å². The zero-order valence-corrected chi connectivity index (χ0v) is 11.9. The maximum Gasteiger partial charge on any atom is 0.443 e. The van der Waals surface area contributed by atoms with Crippen LogP contribution in [0.3, 0.4) is 0 Å². The highest BCUT2D eigenvalue weighted by Crippen LogP contribution is 2.37. The van der Waals surface area contributed by atoms with Crippen LogP contribution >= 0.6 is 38.6 Å². The number of halogens is 4. The van der Waals surface area contributed by atoms with E-state index in [1.54, 1.807) is 6.07 Å². The fraction of sp³-hybridized carbons (Fsp3) is 0.222. The molecule has 0 saturated heterocycles. The number of thiazole rings is 1. The quantitative estimate of drug-likeness (QED) is 0.652. The van der Waals surface area contributed by atoms with Crippen molar-refractivity contribution in [3.63, 3.8) is 0 Å². The van der Waals surface area contributed by atoms with Gasteiger partial charge in [0.05, 0.1) is 9.83 Å². The summed E-state index contributed by atoms with van der Waals surface area (Å²) in [7, 11) is 0. The van der Waals surface area contributed by atoms with Crippen LogP contribution in [0.2, 0.25) is 0 Å². The van der Waals surface area contributed by atoms with Crippen LogP contribution in [0.25, 0.3) is 0 Å². The SMILES string of the molecule is NNC(c1ccc(Br)s1)c1cnc(C(F)(F)F)s1. The summed E-state index contributed by atoms with van der Waals surface area (Å²) in [5.74, 6) is 5.40. The molecule has 0 spiro atoms. The van der Waals surface area contributed by atoms with E-state index in [2.05, 4.69) is 26.3 Å². The van der Waals surface area contributed by atoms with Crippen molar-refractivity contribution in [2.75, 3.05) is 0 Å². The van der Waals surface area contributed by atoms with Gasteiger partial charge in [0, 0.05) is 16.0 Å². The number of hydrogen-bond donors (Lipinski definition) is 2. The van der Waals surface area contributed by atoms with Gasteiger partial charge in [-0.15, -0.1) is 22.7 Å². The van der Waals surface area contributed by atoms with Gasteiger partial charge in [-0.05, 0) is 28.1 Å². The fourth-order valence-electron chi connectivity index (χ4n) is 1.34. The lowest BCUT2D eigenvalue weighted by atomic mass is 10.2. The molecule has 18 heavy (non-hydrogen) atoms. The molecule has 0 radical (unpaired) electrons. The van der Waals surface area contributed by atoms with Gasteiger partial charge >= 0.3 is 6.18 Å². The number of nitrogens with zero attached hydrogens (tertiary/aromatic N) is 1. The van der Waals surface area contributed by atoms with Crippen molar-refractivity contribution in [3.8, 4) is 0 Å². The summed E-state index contributed by atoms with van der Waals surface area (Å²) in [6.07, 6.45) is -3.22. The van der Waals surface area contributed by atoms with Crippen LogP contribution in [0, 0.1) is 0 Å². The van der Waals surface area contributed by atoms with Crippen LogP contribution in [0.4, 0.5) is 13.2 Å². The third-order valence-corrected chi connectivity index (χ3v) is 4.89. The molecule has 1 unspecified atom stereocenters. The van der Waals surface area contributed by atoms with Crippen molar-refractivity contribution in [2.24, 2.45) is 5.84 Å². The highest BCUT2D eigenvalue weighted by molar-refractivity contribution is 9.11. The molecule has 9 heteroatoms. The van der Waals surface area contributed by atoms with Gasteiger partial charge in [-0.2, -0.15) is 13.2 Å². The Balaban J connectivity index is 2.31. The minimum absolute atomic E-state index is 0.430. The van der Waals surface area contributed by atoms with E-state index in [9.17, 15) is 13.2 Å².